The van der Waals surface area contributed by atoms with Gasteiger partial charge in [-0.2, -0.15) is 0 Å². The number of aliphatic carboxylic acids is 1. The lowest BCUT2D eigenvalue weighted by Crippen LogP contribution is -2.32. The van der Waals surface area contributed by atoms with Crippen molar-refractivity contribution in [2.45, 2.75) is 36.7 Å². The number of nitrogens with one attached hydrogen (secondary N) is 1. The first-order chi connectivity index (χ1) is 6.61. The fraction of sp³-hybridized carbons (Fsp3) is 0.778. The summed E-state index contributed by atoms with van der Waals surface area (Å²) in [5.74, 6) is -0.868. The van der Waals surface area contributed by atoms with Crippen LogP contribution in [0.4, 0.5) is 0 Å². The highest BCUT2D eigenvalue weighted by Gasteiger charge is 2.25. The summed E-state index contributed by atoms with van der Waals surface area (Å²) in [6, 6.07) is 0. The number of carbonyl (C=O) groups excluding carboxylic acids is 1. The molecule has 0 aromatic carbocycles. The van der Waals surface area contributed by atoms with Gasteiger partial charge in [-0.05, 0) is 19.8 Å². The van der Waals surface area contributed by atoms with Crippen molar-refractivity contribution in [3.8, 4) is 0 Å². The third-order valence-corrected chi connectivity index (χ3v) is 3.59. The molecule has 0 saturated carbocycles. The second-order valence-electron chi connectivity index (χ2n) is 3.39. The van der Waals surface area contributed by atoms with Crippen molar-refractivity contribution in [3.05, 3.63) is 0 Å². The number of hydrogen-bond acceptors (Lipinski definition) is 3. The van der Waals surface area contributed by atoms with Gasteiger partial charge in [-0.25, -0.2) is 0 Å². The Morgan fingerprint density at radius 3 is 3.00 bits per heavy atom. The van der Waals surface area contributed by atoms with Crippen molar-refractivity contribution in [3.63, 3.8) is 0 Å². The summed E-state index contributed by atoms with van der Waals surface area (Å²) in [4.78, 5) is 22.1. The van der Waals surface area contributed by atoms with Gasteiger partial charge in [-0.3, -0.25) is 9.59 Å². The van der Waals surface area contributed by atoms with E-state index in [2.05, 4.69) is 5.32 Å². The predicted molar refractivity (Wildman–Crippen MR) is 55.3 cm³/mol. The molecular weight excluding hydrogens is 202 g/mol. The van der Waals surface area contributed by atoms with Crippen molar-refractivity contribution in [2.75, 3.05) is 6.54 Å². The maximum atomic E-state index is 11.4. The number of amides is 1. The number of carbonyl (C=O) groups is 2. The van der Waals surface area contributed by atoms with Crippen LogP contribution in [0.2, 0.25) is 0 Å². The Morgan fingerprint density at radius 1 is 1.64 bits per heavy atom. The van der Waals surface area contributed by atoms with Crippen LogP contribution in [-0.4, -0.2) is 34.0 Å². The largest absolute Gasteiger partial charge is 0.480 e. The maximum Gasteiger partial charge on any atom is 0.316 e. The first kappa shape index (κ1) is 11.4. The Hall–Kier alpha value is -0.710. The van der Waals surface area contributed by atoms with E-state index in [9.17, 15) is 9.59 Å². The van der Waals surface area contributed by atoms with E-state index >= 15 is 0 Å². The molecule has 1 aliphatic rings. The van der Waals surface area contributed by atoms with Crippen LogP contribution in [0.1, 0.15) is 26.2 Å². The van der Waals surface area contributed by atoms with Crippen LogP contribution in [-0.2, 0) is 9.59 Å². The lowest BCUT2D eigenvalue weighted by molar-refractivity contribution is -0.136. The summed E-state index contributed by atoms with van der Waals surface area (Å²) < 4.78 is 0. The van der Waals surface area contributed by atoms with E-state index in [1.807, 2.05) is 0 Å². The van der Waals surface area contributed by atoms with Crippen molar-refractivity contribution < 1.29 is 14.7 Å². The summed E-state index contributed by atoms with van der Waals surface area (Å²) in [6.45, 7) is 2.34. The molecule has 1 aliphatic heterocycles. The van der Waals surface area contributed by atoms with E-state index in [0.29, 0.717) is 0 Å². The van der Waals surface area contributed by atoms with Gasteiger partial charge in [0.05, 0.1) is 5.25 Å². The molecule has 0 aromatic heterocycles. The lowest BCUT2D eigenvalue weighted by atomic mass is 10.2. The molecule has 2 N–H and O–H groups in total. The molecule has 0 radical (unpaired) electrons. The van der Waals surface area contributed by atoms with Gasteiger partial charge in [0.15, 0.2) is 0 Å². The summed E-state index contributed by atoms with van der Waals surface area (Å²) >= 11 is 1.24. The SMILES string of the molecule is CC(SC1CCCCNC1=O)C(=O)O. The average molecular weight is 217 g/mol. The van der Waals surface area contributed by atoms with E-state index in [-0.39, 0.29) is 11.2 Å². The quantitative estimate of drug-likeness (QED) is 0.736. The molecule has 14 heavy (non-hydrogen) atoms. The number of carboxylic acids is 1. The van der Waals surface area contributed by atoms with E-state index in [4.69, 9.17) is 5.11 Å². The van der Waals surface area contributed by atoms with Gasteiger partial charge in [0, 0.05) is 6.54 Å². The molecule has 1 heterocycles. The number of rotatable bonds is 3. The van der Waals surface area contributed by atoms with Gasteiger partial charge in [0.25, 0.3) is 0 Å². The van der Waals surface area contributed by atoms with Crippen LogP contribution in [0.25, 0.3) is 0 Å². The molecule has 1 amide bonds. The minimum Gasteiger partial charge on any atom is -0.480 e. The molecule has 1 rings (SSSR count). The van der Waals surface area contributed by atoms with Gasteiger partial charge in [0.2, 0.25) is 5.91 Å². The second-order valence-corrected chi connectivity index (χ2v) is 4.94. The van der Waals surface area contributed by atoms with Crippen LogP contribution in [0.3, 0.4) is 0 Å². The zero-order valence-corrected chi connectivity index (χ0v) is 8.97. The van der Waals surface area contributed by atoms with Crippen LogP contribution in [0, 0.1) is 0 Å². The normalized spacial score (nSPS) is 24.9. The van der Waals surface area contributed by atoms with Crippen LogP contribution in [0.15, 0.2) is 0 Å². The molecule has 0 spiro atoms. The van der Waals surface area contributed by atoms with Crippen molar-refractivity contribution >= 4 is 23.6 Å². The molecule has 2 atom stereocenters. The number of hydrogen-bond donors (Lipinski definition) is 2. The number of carboxylic acid groups (broad SMARTS) is 1. The van der Waals surface area contributed by atoms with Gasteiger partial charge in [-0.15, -0.1) is 11.8 Å². The van der Waals surface area contributed by atoms with Crippen LogP contribution >= 0.6 is 11.8 Å². The summed E-state index contributed by atoms with van der Waals surface area (Å²) in [5, 5.41) is 10.8. The highest BCUT2D eigenvalue weighted by molar-refractivity contribution is 8.01. The van der Waals surface area contributed by atoms with Crippen LogP contribution in [0.5, 0.6) is 0 Å². The fourth-order valence-corrected chi connectivity index (χ4v) is 2.46. The van der Waals surface area contributed by atoms with Crippen LogP contribution < -0.4 is 5.32 Å². The topological polar surface area (TPSA) is 66.4 Å². The van der Waals surface area contributed by atoms with Gasteiger partial charge in [0.1, 0.15) is 5.25 Å². The van der Waals surface area contributed by atoms with Crippen molar-refractivity contribution in [1.29, 1.82) is 0 Å². The zero-order valence-electron chi connectivity index (χ0n) is 8.16. The second kappa shape index (κ2) is 5.24. The zero-order chi connectivity index (χ0) is 10.6. The van der Waals surface area contributed by atoms with Gasteiger partial charge in [-0.1, -0.05) is 6.42 Å². The monoisotopic (exact) mass is 217 g/mol. The molecule has 1 saturated heterocycles. The minimum absolute atomic E-state index is 0.0133. The Kier molecular flexibility index (Phi) is 4.25. The Morgan fingerprint density at radius 2 is 2.36 bits per heavy atom. The van der Waals surface area contributed by atoms with E-state index < -0.39 is 11.2 Å². The first-order valence-corrected chi connectivity index (χ1v) is 5.71. The summed E-state index contributed by atoms with van der Waals surface area (Å²) in [7, 11) is 0. The predicted octanol–water partition coefficient (Wildman–Crippen LogP) is 0.861. The molecular formula is C9H15NO3S. The van der Waals surface area contributed by atoms with E-state index in [1.54, 1.807) is 6.92 Å². The molecule has 4 nitrogen and oxygen atoms in total. The summed E-state index contributed by atoms with van der Waals surface area (Å²) in [5.41, 5.74) is 0. The highest BCUT2D eigenvalue weighted by atomic mass is 32.2. The summed E-state index contributed by atoms with van der Waals surface area (Å²) in [6.07, 6.45) is 2.76. The molecule has 5 heteroatoms. The Labute approximate surface area is 87.4 Å². The van der Waals surface area contributed by atoms with Gasteiger partial charge >= 0.3 is 5.97 Å². The Balaban J connectivity index is 2.48. The highest BCUT2D eigenvalue weighted by Crippen LogP contribution is 2.24. The molecule has 0 aliphatic carbocycles. The van der Waals surface area contributed by atoms with Crippen molar-refractivity contribution in [2.24, 2.45) is 0 Å². The van der Waals surface area contributed by atoms with E-state index in [1.165, 1.54) is 11.8 Å². The van der Waals surface area contributed by atoms with E-state index in [0.717, 1.165) is 25.8 Å². The minimum atomic E-state index is -0.855. The molecule has 0 aromatic rings. The fourth-order valence-electron chi connectivity index (χ4n) is 1.35. The Bertz CT molecular complexity index is 232. The van der Waals surface area contributed by atoms with Gasteiger partial charge < -0.3 is 10.4 Å². The first-order valence-electron chi connectivity index (χ1n) is 4.77. The third-order valence-electron chi connectivity index (χ3n) is 2.20. The third kappa shape index (κ3) is 3.21. The molecule has 0 bridgehead atoms. The standard InChI is InChI=1S/C9H15NO3S/c1-6(9(12)13)14-7-4-2-3-5-10-8(7)11/h6-7H,2-5H2,1H3,(H,10,11)(H,12,13). The maximum absolute atomic E-state index is 11.4. The van der Waals surface area contributed by atoms with Crippen molar-refractivity contribution in [1.82, 2.24) is 5.32 Å². The smallest absolute Gasteiger partial charge is 0.316 e. The molecule has 2 unspecified atom stereocenters. The molecule has 1 fully saturated rings. The molecule has 80 valence electrons. The average Bonchev–Trinajstić information content (AvgIpc) is 2.32. The lowest BCUT2D eigenvalue weighted by Gasteiger charge is -2.14. The number of thioether (sulfide) groups is 1.